The number of hydrogen-bond donors (Lipinski definition) is 5. The Hall–Kier alpha value is -9.65. The number of benzene rings is 6. The molecule has 0 saturated carbocycles. The molecule has 19 nitrogen and oxygen atoms in total. The summed E-state index contributed by atoms with van der Waals surface area (Å²) in [5.41, 5.74) is 1.03. The second-order valence-electron chi connectivity index (χ2n) is 15.1. The maximum Gasteiger partial charge on any atom is 0.239 e. The number of methoxy groups -OCH3 is 8. The number of rotatable bonds is 11. The number of aromatic hydroxyl groups is 5. The number of phenols is 5. The summed E-state index contributed by atoms with van der Waals surface area (Å²) in [6, 6.07) is 26.0. The molecule has 3 heterocycles. The van der Waals surface area contributed by atoms with Gasteiger partial charge in [-0.2, -0.15) is 0 Å². The van der Waals surface area contributed by atoms with Gasteiger partial charge in [0.15, 0.2) is 39.9 Å². The van der Waals surface area contributed by atoms with Crippen LogP contribution in [-0.2, 0) is 0 Å². The van der Waals surface area contributed by atoms with Crippen LogP contribution in [0.15, 0.2) is 131 Å². The van der Waals surface area contributed by atoms with Crippen molar-refractivity contribution in [1.29, 1.82) is 0 Å². The molecule has 0 aliphatic carbocycles. The third kappa shape index (κ3) is 9.93. The zero-order valence-electron chi connectivity index (χ0n) is 39.8. The number of phenolic OH excluding ortho intramolecular Hbond substituents is 5. The Morgan fingerprint density at radius 1 is 0.375 bits per heavy atom. The van der Waals surface area contributed by atoms with E-state index in [4.69, 9.17) is 51.1 Å². The lowest BCUT2D eigenvalue weighted by Crippen LogP contribution is -2.08. The van der Waals surface area contributed by atoms with Crippen molar-refractivity contribution < 1.29 is 76.7 Å². The quantitative estimate of drug-likeness (QED) is 0.0809. The highest BCUT2D eigenvalue weighted by Crippen LogP contribution is 2.44. The van der Waals surface area contributed by atoms with Crippen LogP contribution in [0.1, 0.15) is 0 Å². The lowest BCUT2D eigenvalue weighted by molar-refractivity contribution is 0.333. The molecule has 0 atom stereocenters. The molecule has 9 rings (SSSR count). The van der Waals surface area contributed by atoms with Crippen LogP contribution in [-0.4, -0.2) is 82.4 Å². The lowest BCUT2D eigenvalue weighted by atomic mass is 10.1. The fraction of sp³-hybridized carbons (Fsp3) is 0.151. The van der Waals surface area contributed by atoms with Gasteiger partial charge in [-0.15, -0.1) is 0 Å². The molecule has 9 aromatic rings. The molecule has 0 bridgehead atoms. The zero-order chi connectivity index (χ0) is 52.0. The largest absolute Gasteiger partial charge is 0.508 e. The van der Waals surface area contributed by atoms with E-state index in [0.717, 1.165) is 5.56 Å². The minimum Gasteiger partial charge on any atom is -0.508 e. The Morgan fingerprint density at radius 3 is 1.39 bits per heavy atom. The minimum absolute atomic E-state index is 0.00727. The summed E-state index contributed by atoms with van der Waals surface area (Å²) in [4.78, 5) is 37.7. The highest BCUT2D eigenvalue weighted by molar-refractivity contribution is 5.90. The first kappa shape index (κ1) is 50.2. The van der Waals surface area contributed by atoms with Crippen LogP contribution in [0.3, 0.4) is 0 Å². The standard InChI is InChI=1S/C19H18O8.C18H16O7.C16H12O4/c1-23-10-7-11(20)15-13(8-10)27-17(19(26-4)16(15)22)9-5-12(21)18(25-3)14(6-9)24-2;1-22-10-7-12(20)15-14(8-10)25-17(18(24-3)16(15)21)9-4-5-11(19)13(6-9)23-2;1-19-12-6-7-13-14(18)9-15(20-16(13)8-12)10-2-4-11(17)5-3-10/h5-8,20-21H,1-4H3;4-8,19-20H,1-3H3;2-9,17H,1H3. The Bertz CT molecular complexity index is 3650. The second kappa shape index (κ2) is 21.3. The van der Waals surface area contributed by atoms with Crippen molar-refractivity contribution in [1.82, 2.24) is 0 Å². The molecular weight excluding hydrogens is 941 g/mol. The maximum atomic E-state index is 12.8. The molecule has 0 radical (unpaired) electrons. The molecule has 0 amide bonds. The van der Waals surface area contributed by atoms with E-state index >= 15 is 0 Å². The smallest absolute Gasteiger partial charge is 0.239 e. The summed E-state index contributed by atoms with van der Waals surface area (Å²) in [6.45, 7) is 0. The predicted octanol–water partition coefficient (Wildman–Crippen LogP) is 8.98. The van der Waals surface area contributed by atoms with Crippen LogP contribution < -0.4 is 54.2 Å². The summed E-state index contributed by atoms with van der Waals surface area (Å²) < 4.78 is 58.5. The van der Waals surface area contributed by atoms with Crippen LogP contribution in [0.25, 0.3) is 66.9 Å². The molecule has 0 spiro atoms. The summed E-state index contributed by atoms with van der Waals surface area (Å²) in [5.74, 6) is 1.69. The average molecular weight is 987 g/mol. The number of hydrogen-bond acceptors (Lipinski definition) is 19. The van der Waals surface area contributed by atoms with Crippen LogP contribution in [0.2, 0.25) is 0 Å². The van der Waals surface area contributed by atoms with Crippen LogP contribution in [0.5, 0.6) is 74.7 Å². The van der Waals surface area contributed by atoms with Gasteiger partial charge in [0.2, 0.25) is 28.1 Å². The zero-order valence-corrected chi connectivity index (χ0v) is 39.8. The molecule has 5 N–H and O–H groups in total. The van der Waals surface area contributed by atoms with E-state index in [0.29, 0.717) is 45.1 Å². The Morgan fingerprint density at radius 2 is 0.875 bits per heavy atom. The van der Waals surface area contributed by atoms with Gasteiger partial charge < -0.3 is 76.7 Å². The van der Waals surface area contributed by atoms with E-state index in [1.54, 1.807) is 55.6 Å². The molecule has 0 unspecified atom stereocenters. The fourth-order valence-corrected chi connectivity index (χ4v) is 7.43. The van der Waals surface area contributed by atoms with Gasteiger partial charge >= 0.3 is 0 Å². The third-order valence-corrected chi connectivity index (χ3v) is 10.9. The third-order valence-electron chi connectivity index (χ3n) is 10.9. The van der Waals surface area contributed by atoms with Gasteiger partial charge in [-0.05, 0) is 66.7 Å². The normalized spacial score (nSPS) is 10.7. The van der Waals surface area contributed by atoms with Crippen molar-refractivity contribution in [2.75, 3.05) is 56.9 Å². The predicted molar refractivity (Wildman–Crippen MR) is 264 cm³/mol. The van der Waals surface area contributed by atoms with E-state index in [1.807, 2.05) is 0 Å². The summed E-state index contributed by atoms with van der Waals surface area (Å²) in [5, 5.41) is 50.0. The highest BCUT2D eigenvalue weighted by atomic mass is 16.5. The van der Waals surface area contributed by atoms with Crippen molar-refractivity contribution in [2.24, 2.45) is 0 Å². The lowest BCUT2D eigenvalue weighted by Gasteiger charge is -2.14. The van der Waals surface area contributed by atoms with E-state index in [2.05, 4.69) is 0 Å². The number of fused-ring (bicyclic) bond motifs is 3. The van der Waals surface area contributed by atoms with Gasteiger partial charge in [-0.3, -0.25) is 14.4 Å². The van der Waals surface area contributed by atoms with Crippen LogP contribution in [0, 0.1) is 0 Å². The van der Waals surface area contributed by atoms with Crippen molar-refractivity contribution in [3.63, 3.8) is 0 Å². The van der Waals surface area contributed by atoms with Crippen molar-refractivity contribution in [3.05, 3.63) is 134 Å². The van der Waals surface area contributed by atoms with Crippen molar-refractivity contribution >= 4 is 32.9 Å². The van der Waals surface area contributed by atoms with E-state index in [1.165, 1.54) is 104 Å². The first-order valence-electron chi connectivity index (χ1n) is 21.2. The molecule has 72 heavy (non-hydrogen) atoms. The first-order valence-corrected chi connectivity index (χ1v) is 21.2. The topological polar surface area (TPSA) is 266 Å². The Labute approximate surface area is 407 Å². The van der Waals surface area contributed by atoms with Gasteiger partial charge in [0, 0.05) is 53.1 Å². The molecular formula is C53H46O19. The molecule has 372 valence electrons. The van der Waals surface area contributed by atoms with Gasteiger partial charge in [-0.25, -0.2) is 0 Å². The molecule has 0 saturated heterocycles. The van der Waals surface area contributed by atoms with Crippen molar-refractivity contribution in [2.45, 2.75) is 0 Å². The molecule has 19 heteroatoms. The maximum absolute atomic E-state index is 12.8. The van der Waals surface area contributed by atoms with Gasteiger partial charge in [0.1, 0.15) is 67.8 Å². The summed E-state index contributed by atoms with van der Waals surface area (Å²) >= 11 is 0. The monoisotopic (exact) mass is 986 g/mol. The Kier molecular flexibility index (Phi) is 14.9. The SMILES string of the molecule is COc1cc(O)c2c(=O)c(OC)c(-c3cc(O)c(OC)c(OC)c3)oc2c1.COc1cc(O)c2c(=O)c(OC)c(-c3ccc(O)c(OC)c3)oc2c1.COc1ccc2c(=O)cc(-c3ccc(O)cc3)oc2c1. The van der Waals surface area contributed by atoms with E-state index in [-0.39, 0.29) is 96.4 Å². The first-order chi connectivity index (χ1) is 34.6. The summed E-state index contributed by atoms with van der Waals surface area (Å²) in [6.07, 6.45) is 0. The highest BCUT2D eigenvalue weighted by Gasteiger charge is 2.24. The van der Waals surface area contributed by atoms with Crippen LogP contribution in [0.4, 0.5) is 0 Å². The fourth-order valence-electron chi connectivity index (χ4n) is 7.43. The molecule has 0 fully saturated rings. The van der Waals surface area contributed by atoms with Crippen LogP contribution >= 0.6 is 0 Å². The van der Waals surface area contributed by atoms with E-state index in [9.17, 15) is 39.9 Å². The molecule has 0 aliphatic rings. The molecule has 6 aromatic carbocycles. The second-order valence-corrected chi connectivity index (χ2v) is 15.1. The van der Waals surface area contributed by atoms with Gasteiger partial charge in [-0.1, -0.05) is 0 Å². The van der Waals surface area contributed by atoms with Gasteiger partial charge in [0.05, 0.1) is 62.3 Å². The minimum atomic E-state index is -0.567. The van der Waals surface area contributed by atoms with E-state index < -0.39 is 10.9 Å². The summed E-state index contributed by atoms with van der Waals surface area (Å²) in [7, 11) is 11.3. The average Bonchev–Trinajstić information content (AvgIpc) is 3.38. The Balaban J connectivity index is 0.000000160. The van der Waals surface area contributed by atoms with Crippen molar-refractivity contribution in [3.8, 4) is 109 Å². The van der Waals surface area contributed by atoms with Gasteiger partial charge in [0.25, 0.3) is 0 Å². The number of ether oxygens (including phenoxy) is 8. The molecule has 0 aliphatic heterocycles. The molecule has 3 aromatic heterocycles.